The lowest BCUT2D eigenvalue weighted by Gasteiger charge is -2.11. The van der Waals surface area contributed by atoms with E-state index in [1.54, 1.807) is 0 Å². The molecule has 0 saturated carbocycles. The van der Waals surface area contributed by atoms with E-state index in [9.17, 15) is 4.79 Å². The average molecular weight is 378 g/mol. The van der Waals surface area contributed by atoms with Crippen molar-refractivity contribution < 1.29 is 28.5 Å². The van der Waals surface area contributed by atoms with Crippen molar-refractivity contribution in [2.75, 3.05) is 59.4 Å². The molecule has 156 valence electrons. The average Bonchev–Trinajstić information content (AvgIpc) is 2.62. The number of carbonyl (C=O) groups excluding carboxylic acids is 1. The van der Waals surface area contributed by atoms with Gasteiger partial charge in [-0.25, -0.2) is 0 Å². The summed E-state index contributed by atoms with van der Waals surface area (Å²) in [7, 11) is 0. The molecule has 0 saturated heterocycles. The monoisotopic (exact) mass is 377 g/mol. The Labute approximate surface area is 159 Å². The van der Waals surface area contributed by atoms with Crippen molar-refractivity contribution in [3.63, 3.8) is 0 Å². The van der Waals surface area contributed by atoms with Crippen LogP contribution in [0, 0.1) is 0 Å². The van der Waals surface area contributed by atoms with Crippen LogP contribution in [0.15, 0.2) is 0 Å². The summed E-state index contributed by atoms with van der Waals surface area (Å²) in [5, 5.41) is 2.82. The largest absolute Gasteiger partial charge is 0.379 e. The summed E-state index contributed by atoms with van der Waals surface area (Å²) in [5.74, 6) is 0.0339. The summed E-state index contributed by atoms with van der Waals surface area (Å²) in [6, 6.07) is 0. The van der Waals surface area contributed by atoms with Gasteiger partial charge in [0.2, 0.25) is 5.91 Å². The summed E-state index contributed by atoms with van der Waals surface area (Å²) in [4.78, 5) is 11.6. The maximum absolute atomic E-state index is 11.6. The fourth-order valence-corrected chi connectivity index (χ4v) is 1.87. The number of ether oxygens (including phenoxy) is 5. The van der Waals surface area contributed by atoms with Gasteiger partial charge in [0.15, 0.2) is 0 Å². The minimum absolute atomic E-state index is 0.0339. The zero-order chi connectivity index (χ0) is 19.5. The molecule has 0 bridgehead atoms. The van der Waals surface area contributed by atoms with Crippen LogP contribution in [0.1, 0.15) is 47.0 Å². The maximum atomic E-state index is 11.6. The van der Waals surface area contributed by atoms with Gasteiger partial charge in [-0.1, -0.05) is 6.92 Å². The zero-order valence-corrected chi connectivity index (χ0v) is 17.1. The first-order valence-electron chi connectivity index (χ1n) is 9.79. The Bertz CT molecular complexity index is 314. The summed E-state index contributed by atoms with van der Waals surface area (Å²) in [6.45, 7) is 13.1. The second-order valence-electron chi connectivity index (χ2n) is 6.30. The van der Waals surface area contributed by atoms with Crippen molar-refractivity contribution in [3.05, 3.63) is 0 Å². The predicted octanol–water partition coefficient (Wildman–Crippen LogP) is 2.17. The zero-order valence-electron chi connectivity index (χ0n) is 17.1. The quantitative estimate of drug-likeness (QED) is 0.348. The van der Waals surface area contributed by atoms with Crippen molar-refractivity contribution in [2.24, 2.45) is 0 Å². The number of hydrogen-bond donors (Lipinski definition) is 1. The van der Waals surface area contributed by atoms with Gasteiger partial charge in [0.1, 0.15) is 0 Å². The molecule has 7 nitrogen and oxygen atoms in total. The van der Waals surface area contributed by atoms with Crippen LogP contribution in [0.2, 0.25) is 0 Å². The summed E-state index contributed by atoms with van der Waals surface area (Å²) < 4.78 is 27.1. The summed E-state index contributed by atoms with van der Waals surface area (Å²) in [6.07, 6.45) is 2.74. The number of rotatable bonds is 19. The highest BCUT2D eigenvalue weighted by Crippen LogP contribution is 1.95. The van der Waals surface area contributed by atoms with Gasteiger partial charge in [-0.3, -0.25) is 4.79 Å². The topological polar surface area (TPSA) is 75.3 Å². The Balaban J connectivity index is 3.16. The van der Waals surface area contributed by atoms with Crippen molar-refractivity contribution in [2.45, 2.75) is 59.2 Å². The molecule has 0 spiro atoms. The van der Waals surface area contributed by atoms with Gasteiger partial charge in [-0.05, 0) is 33.6 Å². The number of hydrogen-bond acceptors (Lipinski definition) is 6. The lowest BCUT2D eigenvalue weighted by atomic mass is 10.3. The van der Waals surface area contributed by atoms with Gasteiger partial charge in [0.25, 0.3) is 0 Å². The molecule has 0 aromatic carbocycles. The van der Waals surface area contributed by atoms with Gasteiger partial charge in [0, 0.05) is 19.6 Å². The van der Waals surface area contributed by atoms with E-state index in [1.165, 1.54) is 0 Å². The SMILES string of the molecule is CCC(C)OCCOCCOCCOCCNC(=O)CCCOC(C)C. The molecule has 0 heterocycles. The Morgan fingerprint density at radius 3 is 1.96 bits per heavy atom. The molecule has 1 amide bonds. The molecule has 0 fully saturated rings. The first kappa shape index (κ1) is 25.3. The number of nitrogens with one attached hydrogen (secondary N) is 1. The standard InChI is InChI=1S/C19H39NO6/c1-5-18(4)26-16-15-24-14-13-23-12-11-22-10-8-20-19(21)7-6-9-25-17(2)3/h17-18H,5-16H2,1-4H3,(H,20,21). The van der Waals surface area contributed by atoms with Gasteiger partial charge < -0.3 is 29.0 Å². The van der Waals surface area contributed by atoms with Crippen molar-refractivity contribution in [1.29, 1.82) is 0 Å². The van der Waals surface area contributed by atoms with Crippen LogP contribution in [0.4, 0.5) is 0 Å². The molecule has 1 unspecified atom stereocenters. The summed E-state index contributed by atoms with van der Waals surface area (Å²) >= 11 is 0. The molecule has 0 aromatic heterocycles. The minimum Gasteiger partial charge on any atom is -0.379 e. The third kappa shape index (κ3) is 19.6. The van der Waals surface area contributed by atoms with Crippen molar-refractivity contribution >= 4 is 5.91 Å². The van der Waals surface area contributed by atoms with E-state index in [2.05, 4.69) is 19.2 Å². The maximum Gasteiger partial charge on any atom is 0.220 e. The van der Waals surface area contributed by atoms with Gasteiger partial charge >= 0.3 is 0 Å². The highest BCUT2D eigenvalue weighted by molar-refractivity contribution is 5.75. The fraction of sp³-hybridized carbons (Fsp3) is 0.947. The van der Waals surface area contributed by atoms with E-state index >= 15 is 0 Å². The van der Waals surface area contributed by atoms with E-state index in [0.29, 0.717) is 65.8 Å². The Morgan fingerprint density at radius 2 is 1.38 bits per heavy atom. The smallest absolute Gasteiger partial charge is 0.220 e. The van der Waals surface area contributed by atoms with Gasteiger partial charge in [0.05, 0.1) is 58.5 Å². The van der Waals surface area contributed by atoms with Gasteiger partial charge in [-0.15, -0.1) is 0 Å². The molecule has 0 aliphatic heterocycles. The van der Waals surface area contributed by atoms with Crippen LogP contribution < -0.4 is 5.32 Å². The third-order valence-electron chi connectivity index (χ3n) is 3.52. The van der Waals surface area contributed by atoms with E-state index in [-0.39, 0.29) is 18.1 Å². The Hall–Kier alpha value is -0.730. The van der Waals surface area contributed by atoms with Crippen LogP contribution in [0.5, 0.6) is 0 Å². The second-order valence-corrected chi connectivity index (χ2v) is 6.30. The molecule has 0 aliphatic carbocycles. The molecule has 1 atom stereocenters. The third-order valence-corrected chi connectivity index (χ3v) is 3.52. The highest BCUT2D eigenvalue weighted by atomic mass is 16.6. The second kappa shape index (κ2) is 19.0. The van der Waals surface area contributed by atoms with Crippen LogP contribution in [0.25, 0.3) is 0 Å². The van der Waals surface area contributed by atoms with E-state index in [1.807, 2.05) is 13.8 Å². The molecular weight excluding hydrogens is 338 g/mol. The number of amides is 1. The van der Waals surface area contributed by atoms with Crippen LogP contribution in [0.3, 0.4) is 0 Å². The predicted molar refractivity (Wildman–Crippen MR) is 101 cm³/mol. The normalized spacial score (nSPS) is 12.5. The van der Waals surface area contributed by atoms with Crippen molar-refractivity contribution in [3.8, 4) is 0 Å². The van der Waals surface area contributed by atoms with Crippen molar-refractivity contribution in [1.82, 2.24) is 5.32 Å². The first-order valence-corrected chi connectivity index (χ1v) is 9.79. The number of carbonyl (C=O) groups is 1. The van der Waals surface area contributed by atoms with Crippen LogP contribution in [-0.2, 0) is 28.5 Å². The molecule has 0 rings (SSSR count). The molecular formula is C19H39NO6. The molecule has 1 N–H and O–H groups in total. The van der Waals surface area contributed by atoms with Crippen LogP contribution in [-0.4, -0.2) is 77.5 Å². The van der Waals surface area contributed by atoms with Crippen LogP contribution >= 0.6 is 0 Å². The Kier molecular flexibility index (Phi) is 18.5. The molecule has 0 aliphatic rings. The first-order chi connectivity index (χ1) is 12.6. The van der Waals surface area contributed by atoms with E-state index < -0.39 is 0 Å². The van der Waals surface area contributed by atoms with Gasteiger partial charge in [-0.2, -0.15) is 0 Å². The Morgan fingerprint density at radius 1 is 0.808 bits per heavy atom. The highest BCUT2D eigenvalue weighted by Gasteiger charge is 2.01. The molecule has 0 aromatic rings. The summed E-state index contributed by atoms with van der Waals surface area (Å²) in [5.41, 5.74) is 0. The van der Waals surface area contributed by atoms with E-state index in [0.717, 1.165) is 12.8 Å². The van der Waals surface area contributed by atoms with E-state index in [4.69, 9.17) is 23.7 Å². The fourth-order valence-electron chi connectivity index (χ4n) is 1.87. The molecule has 0 radical (unpaired) electrons. The molecule has 7 heteroatoms. The molecule has 26 heavy (non-hydrogen) atoms. The lowest BCUT2D eigenvalue weighted by Crippen LogP contribution is -2.27. The lowest BCUT2D eigenvalue weighted by molar-refractivity contribution is -0.121. The minimum atomic E-state index is 0.0339.